The molecule has 0 amide bonds. The van der Waals surface area contributed by atoms with Crippen LogP contribution in [0.3, 0.4) is 0 Å². The van der Waals surface area contributed by atoms with E-state index in [0.717, 1.165) is 0 Å². The summed E-state index contributed by atoms with van der Waals surface area (Å²) in [4.78, 5) is 8.25. The van der Waals surface area contributed by atoms with Gasteiger partial charge in [0.2, 0.25) is 8.53 Å². The fraction of sp³-hybridized carbons (Fsp3) is 1.00. The van der Waals surface area contributed by atoms with Gasteiger partial charge in [-0.25, -0.2) is 0 Å². The molecule has 44 valence electrons. The van der Waals surface area contributed by atoms with Crippen LogP contribution in [0.5, 0.6) is 0 Å². The number of hydrogen-bond donors (Lipinski definition) is 3. The summed E-state index contributed by atoms with van der Waals surface area (Å²) in [6.07, 6.45) is 0. The van der Waals surface area contributed by atoms with E-state index < -0.39 is 8.53 Å². The molecule has 0 aromatic rings. The molecule has 5 N–H and O–H groups in total. The highest BCUT2D eigenvalue weighted by Gasteiger charge is 1.90. The Bertz CT molecular complexity index is 42.7. The smallest absolute Gasteiger partial charge is 0.250 e. The molecule has 0 rings (SSSR count). The summed E-state index contributed by atoms with van der Waals surface area (Å²) < 4.78 is 4.46. The third-order valence-corrected chi connectivity index (χ3v) is 0.789. The van der Waals surface area contributed by atoms with E-state index in [1.807, 2.05) is 0 Å². The molecule has 0 heterocycles. The summed E-state index contributed by atoms with van der Waals surface area (Å²) in [6.45, 7) is 0.731. The largest absolute Gasteiger partial charge is 0.338 e. The van der Waals surface area contributed by atoms with Gasteiger partial charge in [0.1, 0.15) is 0 Å². The van der Waals surface area contributed by atoms with Gasteiger partial charge in [0, 0.05) is 6.54 Å². The van der Waals surface area contributed by atoms with Gasteiger partial charge in [-0.1, -0.05) is 0 Å². The molecular formula is C2H9N2O2P. The van der Waals surface area contributed by atoms with Crippen LogP contribution in [-0.2, 0) is 4.52 Å². The van der Waals surface area contributed by atoms with Crippen molar-refractivity contribution in [2.75, 3.05) is 13.2 Å². The molecule has 0 spiro atoms. The first-order valence-corrected chi connectivity index (χ1v) is 3.12. The van der Waals surface area contributed by atoms with Gasteiger partial charge in [0.25, 0.3) is 0 Å². The van der Waals surface area contributed by atoms with Gasteiger partial charge < -0.3 is 15.2 Å². The quantitative estimate of drug-likeness (QED) is 0.427. The zero-order valence-electron chi connectivity index (χ0n) is 3.87. The first-order valence-electron chi connectivity index (χ1n) is 1.84. The van der Waals surface area contributed by atoms with Crippen LogP contribution >= 0.6 is 8.53 Å². The highest BCUT2D eigenvalue weighted by Crippen LogP contribution is 2.17. The lowest BCUT2D eigenvalue weighted by molar-refractivity contribution is 0.320. The van der Waals surface area contributed by atoms with Gasteiger partial charge in [0.05, 0.1) is 6.61 Å². The highest BCUT2D eigenvalue weighted by atomic mass is 31.2. The minimum absolute atomic E-state index is 0.332. The summed E-state index contributed by atoms with van der Waals surface area (Å²) in [7, 11) is -1.69. The van der Waals surface area contributed by atoms with E-state index in [4.69, 9.17) is 16.1 Å². The van der Waals surface area contributed by atoms with E-state index >= 15 is 0 Å². The molecule has 0 aliphatic rings. The number of hydrogen-bond acceptors (Lipinski definition) is 4. The molecule has 0 radical (unpaired) electrons. The van der Waals surface area contributed by atoms with Gasteiger partial charge in [-0.15, -0.1) is 0 Å². The summed E-state index contributed by atoms with van der Waals surface area (Å²) in [5.41, 5.74) is 9.82. The Morgan fingerprint density at radius 2 is 2.29 bits per heavy atom. The Labute approximate surface area is 43.4 Å². The van der Waals surface area contributed by atoms with Crippen LogP contribution in [0.25, 0.3) is 0 Å². The van der Waals surface area contributed by atoms with Crippen LogP contribution < -0.4 is 11.2 Å². The van der Waals surface area contributed by atoms with Crippen molar-refractivity contribution < 1.29 is 9.42 Å². The maximum Gasteiger partial charge on any atom is 0.250 e. The topological polar surface area (TPSA) is 81.5 Å². The van der Waals surface area contributed by atoms with E-state index in [2.05, 4.69) is 4.52 Å². The van der Waals surface area contributed by atoms with Gasteiger partial charge in [0.15, 0.2) is 0 Å². The summed E-state index contributed by atoms with van der Waals surface area (Å²) >= 11 is 0. The predicted octanol–water partition coefficient (Wildman–Crippen LogP) is -0.860. The normalized spacial score (nSPS) is 14.1. The van der Waals surface area contributed by atoms with Crippen molar-refractivity contribution in [3.05, 3.63) is 0 Å². The third-order valence-electron chi connectivity index (χ3n) is 0.341. The maximum atomic E-state index is 8.25. The maximum absolute atomic E-state index is 8.25. The molecule has 0 bridgehead atoms. The second-order valence-electron chi connectivity index (χ2n) is 0.924. The van der Waals surface area contributed by atoms with Gasteiger partial charge >= 0.3 is 0 Å². The molecule has 0 aliphatic carbocycles. The van der Waals surface area contributed by atoms with Crippen molar-refractivity contribution in [1.29, 1.82) is 0 Å². The second-order valence-corrected chi connectivity index (χ2v) is 1.79. The van der Waals surface area contributed by atoms with E-state index in [0.29, 0.717) is 13.2 Å². The van der Waals surface area contributed by atoms with Crippen molar-refractivity contribution >= 4 is 8.53 Å². The van der Waals surface area contributed by atoms with Crippen molar-refractivity contribution in [2.24, 2.45) is 11.2 Å². The minimum Gasteiger partial charge on any atom is -0.338 e. The van der Waals surface area contributed by atoms with Crippen LogP contribution in [0.2, 0.25) is 0 Å². The first kappa shape index (κ1) is 7.27. The molecule has 0 fully saturated rings. The van der Waals surface area contributed by atoms with Crippen LogP contribution in [0.1, 0.15) is 0 Å². The van der Waals surface area contributed by atoms with E-state index in [1.165, 1.54) is 0 Å². The lowest BCUT2D eigenvalue weighted by atomic mass is 10.8. The average Bonchev–Trinajstić information content (AvgIpc) is 1.61. The Morgan fingerprint density at radius 3 is 2.43 bits per heavy atom. The highest BCUT2D eigenvalue weighted by molar-refractivity contribution is 7.43. The van der Waals surface area contributed by atoms with Gasteiger partial charge in [-0.2, -0.15) is 0 Å². The van der Waals surface area contributed by atoms with Crippen molar-refractivity contribution in [2.45, 2.75) is 0 Å². The van der Waals surface area contributed by atoms with Gasteiger partial charge in [-0.05, 0) is 0 Å². The molecular weight excluding hydrogens is 115 g/mol. The molecule has 0 saturated carbocycles. The molecule has 0 aromatic carbocycles. The number of rotatable bonds is 3. The molecule has 0 aromatic heterocycles. The van der Waals surface area contributed by atoms with Gasteiger partial charge in [-0.3, -0.25) is 5.50 Å². The van der Waals surface area contributed by atoms with Crippen molar-refractivity contribution in [3.8, 4) is 0 Å². The monoisotopic (exact) mass is 124 g/mol. The molecule has 1 atom stereocenters. The van der Waals surface area contributed by atoms with Crippen LogP contribution in [0.4, 0.5) is 0 Å². The second kappa shape index (κ2) is 4.43. The zero-order valence-corrected chi connectivity index (χ0v) is 4.77. The lowest BCUT2D eigenvalue weighted by Gasteiger charge is -2.00. The summed E-state index contributed by atoms with van der Waals surface area (Å²) in [6, 6.07) is 0. The number of nitrogens with two attached hydrogens (primary N) is 2. The Hall–Kier alpha value is 0.270. The summed E-state index contributed by atoms with van der Waals surface area (Å²) in [5.74, 6) is 0. The Kier molecular flexibility index (Phi) is 4.60. The fourth-order valence-electron chi connectivity index (χ4n) is 0.146. The molecule has 0 saturated heterocycles. The van der Waals surface area contributed by atoms with Crippen LogP contribution in [-0.4, -0.2) is 18.0 Å². The van der Waals surface area contributed by atoms with E-state index in [9.17, 15) is 0 Å². The lowest BCUT2D eigenvalue weighted by Crippen LogP contribution is -2.07. The standard InChI is InChI=1S/C2H9N2O2P/c3-1-2-6-7(4)5/h5H,1-4H2. The third kappa shape index (κ3) is 6.27. The van der Waals surface area contributed by atoms with Crippen LogP contribution in [0, 0.1) is 0 Å². The fourth-order valence-corrected chi connectivity index (χ4v) is 0.439. The molecule has 5 heteroatoms. The van der Waals surface area contributed by atoms with E-state index in [1.54, 1.807) is 0 Å². The molecule has 1 unspecified atom stereocenters. The summed E-state index contributed by atoms with van der Waals surface area (Å²) in [5, 5.41) is 0. The minimum atomic E-state index is -1.69. The molecule has 0 aliphatic heterocycles. The predicted molar refractivity (Wildman–Crippen MR) is 28.3 cm³/mol. The Balaban J connectivity index is 2.68. The van der Waals surface area contributed by atoms with E-state index in [-0.39, 0.29) is 0 Å². The average molecular weight is 124 g/mol. The SMILES string of the molecule is NCCOP(N)O. The molecule has 7 heavy (non-hydrogen) atoms. The van der Waals surface area contributed by atoms with Crippen molar-refractivity contribution in [1.82, 2.24) is 0 Å². The van der Waals surface area contributed by atoms with Crippen LogP contribution in [0.15, 0.2) is 0 Å². The van der Waals surface area contributed by atoms with Crippen molar-refractivity contribution in [3.63, 3.8) is 0 Å². The Morgan fingerprint density at radius 1 is 1.71 bits per heavy atom. The zero-order chi connectivity index (χ0) is 5.70. The molecule has 4 nitrogen and oxygen atoms in total. The first-order chi connectivity index (χ1) is 3.27.